The fraction of sp³-hybridized carbons (Fsp3) is 0.579. The van der Waals surface area contributed by atoms with Gasteiger partial charge in [-0.2, -0.15) is 0 Å². The van der Waals surface area contributed by atoms with Crippen molar-refractivity contribution < 1.29 is 19.1 Å². The van der Waals surface area contributed by atoms with Crippen LogP contribution in [0.5, 0.6) is 0 Å². The highest BCUT2D eigenvalue weighted by Gasteiger charge is 2.31. The first-order chi connectivity index (χ1) is 11.3. The standard InChI is InChI=1S/C19H29NO4/c1-6-15(7-2)16(20-18(22)24-19(3,4)5)17(21)23-13-14-11-9-8-10-12-14/h8-12,15-16H,6-7,13H2,1-5H3,(H,20,22). The van der Waals surface area contributed by atoms with Crippen LogP contribution in [0.25, 0.3) is 0 Å². The number of esters is 1. The van der Waals surface area contributed by atoms with E-state index in [1.54, 1.807) is 20.8 Å². The minimum atomic E-state index is -0.710. The molecule has 0 saturated heterocycles. The van der Waals surface area contributed by atoms with Crippen LogP contribution in [-0.4, -0.2) is 23.7 Å². The van der Waals surface area contributed by atoms with Crippen LogP contribution in [0.4, 0.5) is 4.79 Å². The Morgan fingerprint density at radius 1 is 1.08 bits per heavy atom. The quantitative estimate of drug-likeness (QED) is 0.763. The molecule has 5 heteroatoms. The molecule has 0 bridgehead atoms. The minimum Gasteiger partial charge on any atom is -0.459 e. The maximum Gasteiger partial charge on any atom is 0.408 e. The lowest BCUT2D eigenvalue weighted by atomic mass is 9.94. The Bertz CT molecular complexity index is 518. The summed E-state index contributed by atoms with van der Waals surface area (Å²) in [6.45, 7) is 9.52. The molecule has 1 atom stereocenters. The summed E-state index contributed by atoms with van der Waals surface area (Å²) in [6.07, 6.45) is 0.922. The number of alkyl carbamates (subject to hydrolysis) is 1. The Morgan fingerprint density at radius 2 is 1.67 bits per heavy atom. The maximum absolute atomic E-state index is 12.5. The van der Waals surface area contributed by atoms with Crippen LogP contribution < -0.4 is 5.32 Å². The van der Waals surface area contributed by atoms with Crippen LogP contribution in [0.3, 0.4) is 0 Å². The second-order valence-corrected chi connectivity index (χ2v) is 6.79. The van der Waals surface area contributed by atoms with Gasteiger partial charge in [-0.25, -0.2) is 9.59 Å². The monoisotopic (exact) mass is 335 g/mol. The lowest BCUT2D eigenvalue weighted by Crippen LogP contribution is -2.48. The van der Waals surface area contributed by atoms with Crippen LogP contribution in [0.1, 0.15) is 53.0 Å². The Morgan fingerprint density at radius 3 is 2.17 bits per heavy atom. The molecular formula is C19H29NO4. The highest BCUT2D eigenvalue weighted by Crippen LogP contribution is 2.17. The molecule has 1 aromatic rings. The first-order valence-electron chi connectivity index (χ1n) is 8.46. The zero-order chi connectivity index (χ0) is 18.2. The Labute approximate surface area is 144 Å². The molecule has 1 amide bonds. The van der Waals surface area contributed by atoms with Gasteiger partial charge in [-0.05, 0) is 32.3 Å². The summed E-state index contributed by atoms with van der Waals surface area (Å²) in [5.74, 6) is -0.431. The molecule has 0 aliphatic rings. The lowest BCUT2D eigenvalue weighted by Gasteiger charge is -2.27. The summed E-state index contributed by atoms with van der Waals surface area (Å²) in [6, 6.07) is 8.75. The van der Waals surface area contributed by atoms with Gasteiger partial charge in [0.05, 0.1) is 0 Å². The molecule has 0 fully saturated rings. The van der Waals surface area contributed by atoms with Crippen molar-refractivity contribution in [3.05, 3.63) is 35.9 Å². The van der Waals surface area contributed by atoms with Gasteiger partial charge in [-0.15, -0.1) is 0 Å². The highest BCUT2D eigenvalue weighted by molar-refractivity contribution is 5.81. The van der Waals surface area contributed by atoms with Crippen molar-refractivity contribution in [2.75, 3.05) is 0 Å². The summed E-state index contributed by atoms with van der Waals surface area (Å²) in [5.41, 5.74) is 0.294. The van der Waals surface area contributed by atoms with Crippen molar-refractivity contribution in [1.29, 1.82) is 0 Å². The number of rotatable bonds is 7. The molecule has 0 saturated carbocycles. The van der Waals surface area contributed by atoms with E-state index in [4.69, 9.17) is 9.47 Å². The first-order valence-corrected chi connectivity index (χ1v) is 8.46. The van der Waals surface area contributed by atoms with Gasteiger partial charge in [0.15, 0.2) is 0 Å². The molecule has 0 aromatic heterocycles. The van der Waals surface area contributed by atoms with E-state index in [0.717, 1.165) is 18.4 Å². The first kappa shape index (κ1) is 20.0. The molecule has 1 rings (SSSR count). The molecule has 1 unspecified atom stereocenters. The Balaban J connectivity index is 2.73. The third-order valence-corrected chi connectivity index (χ3v) is 3.67. The number of ether oxygens (including phenoxy) is 2. The zero-order valence-electron chi connectivity index (χ0n) is 15.3. The lowest BCUT2D eigenvalue weighted by molar-refractivity contribution is -0.149. The van der Waals surface area contributed by atoms with Gasteiger partial charge in [0.25, 0.3) is 0 Å². The van der Waals surface area contributed by atoms with E-state index >= 15 is 0 Å². The van der Waals surface area contributed by atoms with Crippen molar-refractivity contribution in [1.82, 2.24) is 5.32 Å². The molecule has 0 aliphatic carbocycles. The van der Waals surface area contributed by atoms with Crippen LogP contribution in [0.2, 0.25) is 0 Å². The molecule has 1 aromatic carbocycles. The van der Waals surface area contributed by atoms with E-state index in [0.29, 0.717) is 0 Å². The minimum absolute atomic E-state index is 0.000733. The van der Waals surface area contributed by atoms with Gasteiger partial charge in [0.2, 0.25) is 0 Å². The van der Waals surface area contributed by atoms with Crippen molar-refractivity contribution in [3.63, 3.8) is 0 Å². The number of amides is 1. The SMILES string of the molecule is CCC(CC)C(NC(=O)OC(C)(C)C)C(=O)OCc1ccccc1. The number of carbonyl (C=O) groups excluding carboxylic acids is 2. The van der Waals surface area contributed by atoms with Gasteiger partial charge in [0.1, 0.15) is 18.2 Å². The Hall–Kier alpha value is -2.04. The topological polar surface area (TPSA) is 64.6 Å². The molecular weight excluding hydrogens is 306 g/mol. The van der Waals surface area contributed by atoms with Crippen molar-refractivity contribution in [2.24, 2.45) is 5.92 Å². The number of hydrogen-bond acceptors (Lipinski definition) is 4. The largest absolute Gasteiger partial charge is 0.459 e. The molecule has 0 aliphatic heterocycles. The number of hydrogen-bond donors (Lipinski definition) is 1. The van der Waals surface area contributed by atoms with E-state index in [2.05, 4.69) is 5.32 Å². The van der Waals surface area contributed by atoms with Crippen molar-refractivity contribution in [2.45, 2.75) is 65.7 Å². The van der Waals surface area contributed by atoms with E-state index < -0.39 is 23.7 Å². The predicted octanol–water partition coefficient (Wildman–Crippen LogP) is 4.06. The molecule has 24 heavy (non-hydrogen) atoms. The summed E-state index contributed by atoms with van der Waals surface area (Å²) >= 11 is 0. The van der Waals surface area contributed by atoms with Crippen molar-refractivity contribution in [3.8, 4) is 0 Å². The molecule has 134 valence electrons. The molecule has 0 heterocycles. The zero-order valence-corrected chi connectivity index (χ0v) is 15.3. The Kier molecular flexibility index (Phi) is 7.75. The smallest absolute Gasteiger partial charge is 0.408 e. The molecule has 0 spiro atoms. The third-order valence-electron chi connectivity index (χ3n) is 3.67. The second-order valence-electron chi connectivity index (χ2n) is 6.79. The van der Waals surface area contributed by atoms with Gasteiger partial charge < -0.3 is 14.8 Å². The van der Waals surface area contributed by atoms with Gasteiger partial charge in [0, 0.05) is 0 Å². The van der Waals surface area contributed by atoms with Crippen LogP contribution >= 0.6 is 0 Å². The van der Waals surface area contributed by atoms with Crippen molar-refractivity contribution >= 4 is 12.1 Å². The summed E-state index contributed by atoms with van der Waals surface area (Å²) in [5, 5.41) is 2.68. The van der Waals surface area contributed by atoms with E-state index in [1.165, 1.54) is 0 Å². The van der Waals surface area contributed by atoms with Gasteiger partial charge in [-0.3, -0.25) is 0 Å². The summed E-state index contributed by atoms with van der Waals surface area (Å²) in [4.78, 5) is 24.5. The number of benzene rings is 1. The van der Waals surface area contributed by atoms with Crippen LogP contribution in [-0.2, 0) is 20.9 Å². The second kappa shape index (κ2) is 9.30. The molecule has 1 N–H and O–H groups in total. The van der Waals surface area contributed by atoms with Crippen LogP contribution in [0.15, 0.2) is 30.3 Å². The number of carbonyl (C=O) groups is 2. The van der Waals surface area contributed by atoms with Crippen LogP contribution in [0, 0.1) is 5.92 Å². The van der Waals surface area contributed by atoms with Gasteiger partial charge >= 0.3 is 12.1 Å². The van der Waals surface area contributed by atoms with E-state index in [9.17, 15) is 9.59 Å². The predicted molar refractivity (Wildman–Crippen MR) is 93.5 cm³/mol. The maximum atomic E-state index is 12.5. The normalized spacial score (nSPS) is 12.6. The average molecular weight is 335 g/mol. The highest BCUT2D eigenvalue weighted by atomic mass is 16.6. The average Bonchev–Trinajstić information content (AvgIpc) is 2.52. The fourth-order valence-corrected chi connectivity index (χ4v) is 2.38. The van der Waals surface area contributed by atoms with Gasteiger partial charge in [-0.1, -0.05) is 57.0 Å². The molecule has 5 nitrogen and oxygen atoms in total. The third kappa shape index (κ3) is 7.02. The summed E-state index contributed by atoms with van der Waals surface area (Å²) in [7, 11) is 0. The number of nitrogens with one attached hydrogen (secondary N) is 1. The fourth-order valence-electron chi connectivity index (χ4n) is 2.38. The summed E-state index contributed by atoms with van der Waals surface area (Å²) < 4.78 is 10.7. The van der Waals surface area contributed by atoms with E-state index in [-0.39, 0.29) is 12.5 Å². The molecule has 0 radical (unpaired) electrons. The van der Waals surface area contributed by atoms with E-state index in [1.807, 2.05) is 44.2 Å².